The van der Waals surface area contributed by atoms with E-state index in [1.54, 1.807) is 6.20 Å². The Kier molecular flexibility index (Phi) is 4.42. The first-order chi connectivity index (χ1) is 11.5. The van der Waals surface area contributed by atoms with Crippen molar-refractivity contribution in [2.75, 3.05) is 0 Å². The van der Waals surface area contributed by atoms with E-state index in [1.807, 2.05) is 32.0 Å². The van der Waals surface area contributed by atoms with E-state index in [-0.39, 0.29) is 20.1 Å². The van der Waals surface area contributed by atoms with Crippen molar-refractivity contribution in [2.24, 2.45) is 0 Å². The Balaban J connectivity index is 0.00000182. The summed E-state index contributed by atoms with van der Waals surface area (Å²) in [5.41, 5.74) is 2.78. The van der Waals surface area contributed by atoms with Gasteiger partial charge < -0.3 is 4.98 Å². The maximum absolute atomic E-state index is 8.22. The maximum atomic E-state index is 8.22. The minimum absolute atomic E-state index is 0. The fourth-order valence-corrected chi connectivity index (χ4v) is 2.98. The van der Waals surface area contributed by atoms with E-state index in [2.05, 4.69) is 53.5 Å². The summed E-state index contributed by atoms with van der Waals surface area (Å²) in [6, 6.07) is 24.2. The molecule has 24 heavy (non-hydrogen) atoms. The van der Waals surface area contributed by atoms with Gasteiger partial charge >= 0.3 is 0 Å². The molecule has 3 aromatic carbocycles. The van der Waals surface area contributed by atoms with Gasteiger partial charge in [-0.3, -0.25) is 0 Å². The fraction of sp³-hybridized carbons (Fsp3) is 0.136. The van der Waals surface area contributed by atoms with E-state index < -0.39 is 5.89 Å². The van der Waals surface area contributed by atoms with E-state index in [9.17, 15) is 0 Å². The molecular formula is C22H18IrN-. The normalized spacial score (nSPS) is 12.0. The minimum Gasteiger partial charge on any atom is -0.305 e. The average Bonchev–Trinajstić information content (AvgIpc) is 2.60. The number of hydrogen-bond donors (Lipinski definition) is 0. The van der Waals surface area contributed by atoms with Crippen LogP contribution in [-0.2, 0) is 20.1 Å². The number of nitrogens with zero attached hydrogens (tertiary/aromatic N) is 1. The Labute approximate surface area is 157 Å². The van der Waals surface area contributed by atoms with Gasteiger partial charge in [0.2, 0.25) is 0 Å². The van der Waals surface area contributed by atoms with Crippen LogP contribution in [0, 0.1) is 6.07 Å². The molecule has 0 N–H and O–H groups in total. The molecule has 0 spiro atoms. The molecule has 2 heteroatoms. The van der Waals surface area contributed by atoms with Crippen molar-refractivity contribution < 1.29 is 21.5 Å². The molecule has 0 aliphatic rings. The number of fused-ring (bicyclic) bond motifs is 3. The zero-order valence-electron chi connectivity index (χ0n) is 14.6. The molecule has 1 heterocycles. The van der Waals surface area contributed by atoms with E-state index in [0.717, 1.165) is 16.8 Å². The first-order valence-electron chi connectivity index (χ1n) is 8.32. The van der Waals surface area contributed by atoms with Crippen LogP contribution < -0.4 is 0 Å². The first-order valence-corrected chi connectivity index (χ1v) is 7.82. The third kappa shape index (κ3) is 3.00. The van der Waals surface area contributed by atoms with Crippen molar-refractivity contribution in [1.29, 1.82) is 0 Å². The van der Waals surface area contributed by atoms with Crippen LogP contribution in [-0.4, -0.2) is 4.98 Å². The summed E-state index contributed by atoms with van der Waals surface area (Å²) in [7, 11) is 0. The van der Waals surface area contributed by atoms with E-state index in [0.29, 0.717) is 0 Å². The average molecular weight is 490 g/mol. The first kappa shape index (κ1) is 15.5. The molecule has 0 saturated carbocycles. The van der Waals surface area contributed by atoms with Crippen molar-refractivity contribution in [3.8, 4) is 11.3 Å². The van der Waals surface area contributed by atoms with Crippen molar-refractivity contribution in [2.45, 2.75) is 19.7 Å². The van der Waals surface area contributed by atoms with Crippen LogP contribution in [0.5, 0.6) is 0 Å². The molecule has 1 radical (unpaired) electrons. The molecule has 1 aromatic heterocycles. The van der Waals surface area contributed by atoms with Gasteiger partial charge in [-0.2, -0.15) is 0 Å². The second kappa shape index (κ2) is 6.84. The smallest absolute Gasteiger partial charge is 0.0346 e. The number of pyridine rings is 1. The summed E-state index contributed by atoms with van der Waals surface area (Å²) >= 11 is 0. The van der Waals surface area contributed by atoms with Gasteiger partial charge in [-0.05, 0) is 23.0 Å². The Bertz CT molecular complexity index is 1050. The number of rotatable bonds is 2. The van der Waals surface area contributed by atoms with Gasteiger partial charge in [0.25, 0.3) is 0 Å². The molecule has 121 valence electrons. The van der Waals surface area contributed by atoms with Crippen LogP contribution in [0.2, 0.25) is 0 Å². The Morgan fingerprint density at radius 1 is 0.958 bits per heavy atom. The molecule has 4 rings (SSSR count). The van der Waals surface area contributed by atoms with E-state index in [1.165, 1.54) is 21.5 Å². The largest absolute Gasteiger partial charge is 0.305 e. The van der Waals surface area contributed by atoms with Crippen LogP contribution in [0.15, 0.2) is 66.9 Å². The number of hydrogen-bond acceptors (Lipinski definition) is 1. The zero-order chi connectivity index (χ0) is 16.7. The van der Waals surface area contributed by atoms with Gasteiger partial charge in [-0.25, -0.2) is 0 Å². The molecule has 0 amide bonds. The number of aromatic nitrogens is 1. The summed E-state index contributed by atoms with van der Waals surface area (Å²) in [5, 5.41) is 4.86. The van der Waals surface area contributed by atoms with E-state index >= 15 is 0 Å². The standard InChI is InChI=1S/C22H18N.Ir/c1-15(2)17-11-12-23-22(14-17)19-9-10-21-18(13-19)8-7-16-5-3-4-6-20(16)21;/h3-8,10-15H,1-2H3;/q-1;/i15D;. The summed E-state index contributed by atoms with van der Waals surface area (Å²) in [4.78, 5) is 4.48. The van der Waals surface area contributed by atoms with Crippen LogP contribution >= 0.6 is 0 Å². The summed E-state index contributed by atoms with van der Waals surface area (Å²) in [6.45, 7) is 3.78. The molecule has 0 atom stereocenters. The Morgan fingerprint density at radius 2 is 1.75 bits per heavy atom. The van der Waals surface area contributed by atoms with Crippen molar-refractivity contribution in [3.05, 3.63) is 78.5 Å². The molecule has 0 saturated heterocycles. The topological polar surface area (TPSA) is 12.9 Å². The number of benzene rings is 3. The zero-order valence-corrected chi connectivity index (χ0v) is 16.0. The van der Waals surface area contributed by atoms with Gasteiger partial charge in [-0.1, -0.05) is 72.6 Å². The molecule has 0 unspecified atom stereocenters. The summed E-state index contributed by atoms with van der Waals surface area (Å²) < 4.78 is 8.22. The van der Waals surface area contributed by atoms with Crippen LogP contribution in [0.25, 0.3) is 32.8 Å². The van der Waals surface area contributed by atoms with Crippen LogP contribution in [0.4, 0.5) is 0 Å². The quantitative estimate of drug-likeness (QED) is 0.250. The molecule has 0 aliphatic carbocycles. The molecule has 0 aliphatic heterocycles. The van der Waals surface area contributed by atoms with Gasteiger partial charge in [0.05, 0.1) is 0 Å². The molecule has 0 bridgehead atoms. The summed E-state index contributed by atoms with van der Waals surface area (Å²) in [6.07, 6.45) is 1.78. The molecule has 0 fully saturated rings. The minimum atomic E-state index is -0.634. The monoisotopic (exact) mass is 490 g/mol. The predicted octanol–water partition coefficient (Wildman–Crippen LogP) is 5.98. The third-order valence-corrected chi connectivity index (χ3v) is 4.29. The van der Waals surface area contributed by atoms with E-state index in [4.69, 9.17) is 1.37 Å². The van der Waals surface area contributed by atoms with Crippen LogP contribution in [0.1, 0.15) is 26.7 Å². The third-order valence-electron chi connectivity index (χ3n) is 4.29. The predicted molar refractivity (Wildman–Crippen MR) is 97.6 cm³/mol. The molecule has 1 nitrogen and oxygen atoms in total. The maximum Gasteiger partial charge on any atom is 0.0346 e. The van der Waals surface area contributed by atoms with Gasteiger partial charge in [0.1, 0.15) is 0 Å². The SMILES string of the molecule is [2H]C(C)(C)c1ccnc(-c2[c-]cc3c(ccc4ccccc43)c2)c1.[Ir]. The van der Waals surface area contributed by atoms with Gasteiger partial charge in [-0.15, -0.1) is 29.1 Å². The van der Waals surface area contributed by atoms with Gasteiger partial charge in [0, 0.05) is 27.7 Å². The van der Waals surface area contributed by atoms with Gasteiger partial charge in [0.15, 0.2) is 0 Å². The van der Waals surface area contributed by atoms with Crippen molar-refractivity contribution in [3.63, 3.8) is 0 Å². The Hall–Kier alpha value is -2.02. The fourth-order valence-electron chi connectivity index (χ4n) is 2.98. The van der Waals surface area contributed by atoms with Crippen molar-refractivity contribution >= 4 is 21.5 Å². The van der Waals surface area contributed by atoms with Crippen molar-refractivity contribution in [1.82, 2.24) is 4.98 Å². The molecule has 4 aromatic rings. The molecular weight excluding hydrogens is 470 g/mol. The second-order valence-corrected chi connectivity index (χ2v) is 6.07. The Morgan fingerprint density at radius 3 is 2.58 bits per heavy atom. The summed E-state index contributed by atoms with van der Waals surface area (Å²) in [5.74, 6) is -0.634. The van der Waals surface area contributed by atoms with Crippen LogP contribution in [0.3, 0.4) is 0 Å². The second-order valence-electron chi connectivity index (χ2n) is 6.07.